The number of halogens is 3. The number of rotatable bonds is 1. The average Bonchev–Trinajstić information content (AvgIpc) is 2.51. The normalized spacial score (nSPS) is 10.5. The van der Waals surface area contributed by atoms with Gasteiger partial charge in [0.2, 0.25) is 0 Å². The third-order valence-corrected chi connectivity index (χ3v) is 2.52. The lowest BCUT2D eigenvalue weighted by molar-refractivity contribution is 0.430. The first-order valence-corrected chi connectivity index (χ1v) is 5.16. The summed E-state index contributed by atoms with van der Waals surface area (Å²) < 4.78 is 5.76. The van der Waals surface area contributed by atoms with E-state index in [1.54, 1.807) is 12.1 Å². The van der Waals surface area contributed by atoms with E-state index in [2.05, 4.69) is 26.1 Å². The molecule has 6 heteroatoms. The third-order valence-electron chi connectivity index (χ3n) is 1.56. The first kappa shape index (κ1) is 9.96. The lowest BCUT2D eigenvalue weighted by Crippen LogP contribution is -1.79. The maximum Gasteiger partial charge on any atom is 0.264 e. The maximum atomic E-state index is 5.97. The van der Waals surface area contributed by atoms with Crippen LogP contribution in [0.5, 0.6) is 0 Å². The molecule has 0 amide bonds. The van der Waals surface area contributed by atoms with Crippen LogP contribution in [-0.4, -0.2) is 10.1 Å². The van der Waals surface area contributed by atoms with E-state index in [1.165, 1.54) is 0 Å². The fraction of sp³-hybridized carbons (Fsp3) is 0. The van der Waals surface area contributed by atoms with Crippen LogP contribution in [0.1, 0.15) is 0 Å². The molecule has 0 saturated heterocycles. The summed E-state index contributed by atoms with van der Waals surface area (Å²) in [6, 6.07) is 5.35. The molecule has 0 atom stereocenters. The Morgan fingerprint density at radius 1 is 1.29 bits per heavy atom. The lowest BCUT2D eigenvalue weighted by atomic mass is 10.2. The van der Waals surface area contributed by atoms with Crippen LogP contribution in [0.3, 0.4) is 0 Å². The summed E-state index contributed by atoms with van der Waals surface area (Å²) in [5.41, 5.74) is 0.661. The van der Waals surface area contributed by atoms with Gasteiger partial charge in [-0.05, 0) is 35.0 Å². The van der Waals surface area contributed by atoms with Crippen LogP contribution in [0, 0.1) is 0 Å². The second-order valence-corrected chi connectivity index (χ2v) is 4.15. The van der Waals surface area contributed by atoms with E-state index in [9.17, 15) is 0 Å². The van der Waals surface area contributed by atoms with E-state index in [0.29, 0.717) is 16.5 Å². The van der Waals surface area contributed by atoms with Gasteiger partial charge in [0, 0.05) is 4.47 Å². The second-order valence-electron chi connectivity index (χ2n) is 2.49. The van der Waals surface area contributed by atoms with Gasteiger partial charge in [-0.25, -0.2) is 0 Å². The minimum absolute atomic E-state index is 0.0685. The molecule has 14 heavy (non-hydrogen) atoms. The smallest absolute Gasteiger partial charge is 0.264 e. The van der Waals surface area contributed by atoms with Crippen molar-refractivity contribution in [3.8, 4) is 11.5 Å². The van der Waals surface area contributed by atoms with Crippen LogP contribution in [0.25, 0.3) is 11.5 Å². The summed E-state index contributed by atoms with van der Waals surface area (Å²) in [5.74, 6) is 0.313. The van der Waals surface area contributed by atoms with Crippen molar-refractivity contribution in [3.63, 3.8) is 0 Å². The van der Waals surface area contributed by atoms with Crippen LogP contribution in [0.2, 0.25) is 10.3 Å². The van der Waals surface area contributed by atoms with Gasteiger partial charge in [-0.1, -0.05) is 27.5 Å². The van der Waals surface area contributed by atoms with Crippen LogP contribution in [0.15, 0.2) is 27.2 Å². The van der Waals surface area contributed by atoms with E-state index in [-0.39, 0.29) is 5.28 Å². The van der Waals surface area contributed by atoms with Gasteiger partial charge < -0.3 is 4.52 Å². The van der Waals surface area contributed by atoms with Gasteiger partial charge in [-0.3, -0.25) is 0 Å². The Hall–Kier alpha value is -0.580. The van der Waals surface area contributed by atoms with Gasteiger partial charge in [0.05, 0.1) is 10.6 Å². The third kappa shape index (κ3) is 1.92. The topological polar surface area (TPSA) is 38.9 Å². The highest BCUT2D eigenvalue weighted by atomic mass is 79.9. The van der Waals surface area contributed by atoms with Crippen molar-refractivity contribution in [2.24, 2.45) is 0 Å². The van der Waals surface area contributed by atoms with Crippen molar-refractivity contribution in [2.75, 3.05) is 0 Å². The van der Waals surface area contributed by atoms with Gasteiger partial charge in [0.15, 0.2) is 0 Å². The molecule has 0 fully saturated rings. The summed E-state index contributed by atoms with van der Waals surface area (Å²) in [4.78, 5) is 3.86. The minimum atomic E-state index is 0.0685. The molecule has 0 aliphatic rings. The quantitative estimate of drug-likeness (QED) is 0.802. The zero-order valence-corrected chi connectivity index (χ0v) is 9.77. The van der Waals surface area contributed by atoms with Gasteiger partial charge in [0.1, 0.15) is 0 Å². The molecule has 0 bridgehead atoms. The molecule has 0 N–H and O–H groups in total. The van der Waals surface area contributed by atoms with Gasteiger partial charge in [-0.2, -0.15) is 4.98 Å². The zero-order chi connectivity index (χ0) is 10.1. The Morgan fingerprint density at radius 2 is 2.07 bits per heavy atom. The molecular formula is C8H3BrCl2N2O. The molecule has 0 aliphatic heterocycles. The first-order chi connectivity index (χ1) is 6.66. The van der Waals surface area contributed by atoms with Gasteiger partial charge in [-0.15, -0.1) is 0 Å². The molecule has 0 unspecified atom stereocenters. The van der Waals surface area contributed by atoms with E-state index >= 15 is 0 Å². The molecular weight excluding hydrogens is 291 g/mol. The average molecular weight is 294 g/mol. The molecule has 0 spiro atoms. The van der Waals surface area contributed by atoms with Crippen LogP contribution in [0.4, 0.5) is 0 Å². The SMILES string of the molecule is Clc1noc(-c2ccc(Br)cc2Cl)n1. The summed E-state index contributed by atoms with van der Waals surface area (Å²) in [6.45, 7) is 0. The highest BCUT2D eigenvalue weighted by molar-refractivity contribution is 9.10. The van der Waals surface area contributed by atoms with Crippen molar-refractivity contribution >= 4 is 39.1 Å². The number of aromatic nitrogens is 2. The highest BCUT2D eigenvalue weighted by Gasteiger charge is 2.10. The fourth-order valence-electron chi connectivity index (χ4n) is 0.978. The predicted molar refractivity (Wildman–Crippen MR) is 57.5 cm³/mol. The Morgan fingerprint density at radius 3 is 2.64 bits per heavy atom. The number of hydrogen-bond donors (Lipinski definition) is 0. The molecule has 2 rings (SSSR count). The first-order valence-electron chi connectivity index (χ1n) is 3.61. The van der Waals surface area contributed by atoms with Crippen molar-refractivity contribution in [2.45, 2.75) is 0 Å². The van der Waals surface area contributed by atoms with Crippen LogP contribution >= 0.6 is 39.1 Å². The standard InChI is InChI=1S/C8H3BrCl2N2O/c9-4-1-2-5(6(10)3-4)7-12-8(11)13-14-7/h1-3H. The molecule has 72 valence electrons. The second kappa shape index (κ2) is 3.88. The Kier molecular flexibility index (Phi) is 2.76. The van der Waals surface area contributed by atoms with Gasteiger partial charge in [0.25, 0.3) is 11.2 Å². The Labute approximate surface area is 98.1 Å². The molecule has 1 heterocycles. The molecule has 0 saturated carbocycles. The predicted octanol–water partition coefficient (Wildman–Crippen LogP) is 3.81. The number of nitrogens with zero attached hydrogens (tertiary/aromatic N) is 2. The fourth-order valence-corrected chi connectivity index (χ4v) is 1.84. The van der Waals surface area contributed by atoms with Crippen LogP contribution in [-0.2, 0) is 0 Å². The number of hydrogen-bond acceptors (Lipinski definition) is 3. The van der Waals surface area contributed by atoms with Crippen molar-refractivity contribution in [1.82, 2.24) is 10.1 Å². The molecule has 0 aliphatic carbocycles. The van der Waals surface area contributed by atoms with E-state index in [1.807, 2.05) is 6.07 Å². The van der Waals surface area contributed by atoms with Gasteiger partial charge >= 0.3 is 0 Å². The largest absolute Gasteiger partial charge is 0.333 e. The molecule has 1 aromatic heterocycles. The van der Waals surface area contributed by atoms with Crippen molar-refractivity contribution in [3.05, 3.63) is 33.0 Å². The summed E-state index contributed by atoms with van der Waals surface area (Å²) in [6.07, 6.45) is 0. The minimum Gasteiger partial charge on any atom is -0.333 e. The highest BCUT2D eigenvalue weighted by Crippen LogP contribution is 2.29. The molecule has 0 radical (unpaired) electrons. The monoisotopic (exact) mass is 292 g/mol. The van der Waals surface area contributed by atoms with E-state index < -0.39 is 0 Å². The maximum absolute atomic E-state index is 5.97. The number of benzene rings is 1. The summed E-state index contributed by atoms with van der Waals surface area (Å²) >= 11 is 14.8. The lowest BCUT2D eigenvalue weighted by Gasteiger charge is -1.98. The van der Waals surface area contributed by atoms with Crippen LogP contribution < -0.4 is 0 Å². The van der Waals surface area contributed by atoms with E-state index in [4.69, 9.17) is 27.7 Å². The van der Waals surface area contributed by atoms with E-state index in [0.717, 1.165) is 4.47 Å². The van der Waals surface area contributed by atoms with Crippen molar-refractivity contribution < 1.29 is 4.52 Å². The molecule has 2 aromatic rings. The zero-order valence-electron chi connectivity index (χ0n) is 6.67. The summed E-state index contributed by atoms with van der Waals surface area (Å²) in [7, 11) is 0. The Bertz CT molecular complexity index is 472. The summed E-state index contributed by atoms with van der Waals surface area (Å²) in [5, 5.41) is 4.06. The molecule has 1 aromatic carbocycles. The Balaban J connectivity index is 2.52. The molecule has 3 nitrogen and oxygen atoms in total. The van der Waals surface area contributed by atoms with Crippen molar-refractivity contribution in [1.29, 1.82) is 0 Å².